The zero-order chi connectivity index (χ0) is 10.1. The van der Waals surface area contributed by atoms with E-state index in [-0.39, 0.29) is 24.6 Å². The first kappa shape index (κ1) is 9.26. The van der Waals surface area contributed by atoms with E-state index < -0.39 is 12.2 Å². The van der Waals surface area contributed by atoms with Crippen molar-refractivity contribution in [1.29, 1.82) is 0 Å². The first-order chi connectivity index (χ1) is 6.66. The molecule has 0 aliphatic carbocycles. The minimum absolute atomic E-state index is 0.0471. The lowest BCUT2D eigenvalue weighted by molar-refractivity contribution is 0.0913. The van der Waals surface area contributed by atoms with Gasteiger partial charge in [0, 0.05) is 19.9 Å². The maximum atomic E-state index is 12.8. The van der Waals surface area contributed by atoms with Crippen LogP contribution < -0.4 is 5.32 Å². The molecule has 2 heterocycles. The van der Waals surface area contributed by atoms with Crippen molar-refractivity contribution < 1.29 is 13.6 Å². The van der Waals surface area contributed by atoms with E-state index in [2.05, 4.69) is 15.5 Å². The Bertz CT molecular complexity index is 352. The van der Waals surface area contributed by atoms with Gasteiger partial charge in [-0.15, -0.1) is 10.2 Å². The second-order valence-electron chi connectivity index (χ2n) is 3.28. The highest BCUT2D eigenvalue weighted by Gasteiger charge is 2.32. The largest absolute Gasteiger partial charge is 0.419 e. The average Bonchev–Trinajstić information content (AvgIpc) is 2.73. The molecule has 1 N–H and O–H groups in total. The van der Waals surface area contributed by atoms with Gasteiger partial charge in [-0.1, -0.05) is 0 Å². The smallest absolute Gasteiger partial charge is 0.285 e. The third kappa shape index (κ3) is 1.65. The van der Waals surface area contributed by atoms with Crippen LogP contribution >= 0.6 is 0 Å². The first-order valence-corrected chi connectivity index (χ1v) is 4.38. The Balaban J connectivity index is 2.09. The number of alkyl halides is 1. The van der Waals surface area contributed by atoms with Crippen LogP contribution in [0.3, 0.4) is 0 Å². The maximum absolute atomic E-state index is 12.8. The minimum Gasteiger partial charge on any atom is -0.419 e. The summed E-state index contributed by atoms with van der Waals surface area (Å²) in [5, 5.41) is 9.89. The Morgan fingerprint density at radius 1 is 1.64 bits per heavy atom. The van der Waals surface area contributed by atoms with Gasteiger partial charge in [-0.25, -0.2) is 4.39 Å². The van der Waals surface area contributed by atoms with Gasteiger partial charge in [0.1, 0.15) is 6.17 Å². The zero-order valence-electron chi connectivity index (χ0n) is 7.66. The lowest BCUT2D eigenvalue weighted by Gasteiger charge is -2.03. The Labute approximate surface area is 79.7 Å². The molecule has 0 amide bonds. The van der Waals surface area contributed by atoms with Crippen molar-refractivity contribution in [3.05, 3.63) is 11.8 Å². The number of hydrogen-bond acceptors (Lipinski definition) is 5. The number of carbonyl (C=O) groups excluding carboxylic acids is 1. The van der Waals surface area contributed by atoms with Crippen molar-refractivity contribution in [2.75, 3.05) is 6.54 Å². The lowest BCUT2D eigenvalue weighted by Crippen LogP contribution is -2.30. The molecule has 1 saturated heterocycles. The predicted octanol–water partition coefficient (Wildman–Crippen LogP) is 0.261. The maximum Gasteiger partial charge on any atom is 0.285 e. The fourth-order valence-corrected chi connectivity index (χ4v) is 1.44. The van der Waals surface area contributed by atoms with Crippen LogP contribution in [0.2, 0.25) is 0 Å². The second-order valence-corrected chi connectivity index (χ2v) is 3.28. The third-order valence-corrected chi connectivity index (χ3v) is 2.13. The minimum atomic E-state index is -0.965. The lowest BCUT2D eigenvalue weighted by atomic mass is 10.1. The highest BCUT2D eigenvalue weighted by Crippen LogP contribution is 2.14. The zero-order valence-corrected chi connectivity index (χ0v) is 7.66. The van der Waals surface area contributed by atoms with Gasteiger partial charge in [-0.05, 0) is 0 Å². The molecule has 6 heteroatoms. The molecule has 0 radical (unpaired) electrons. The van der Waals surface area contributed by atoms with Gasteiger partial charge in [0.05, 0.1) is 6.04 Å². The van der Waals surface area contributed by atoms with Crippen LogP contribution in [0.5, 0.6) is 0 Å². The van der Waals surface area contributed by atoms with Crippen LogP contribution in [-0.2, 0) is 0 Å². The molecule has 5 nitrogen and oxygen atoms in total. The van der Waals surface area contributed by atoms with Crippen molar-refractivity contribution in [3.8, 4) is 0 Å². The number of rotatable bonds is 2. The monoisotopic (exact) mass is 199 g/mol. The van der Waals surface area contributed by atoms with E-state index in [0.717, 1.165) is 0 Å². The molecule has 1 aromatic heterocycles. The van der Waals surface area contributed by atoms with Crippen LogP contribution in [0, 0.1) is 6.92 Å². The van der Waals surface area contributed by atoms with Gasteiger partial charge in [0.25, 0.3) is 5.89 Å². The molecule has 1 aliphatic rings. The van der Waals surface area contributed by atoms with Gasteiger partial charge in [-0.3, -0.25) is 4.79 Å². The van der Waals surface area contributed by atoms with Gasteiger partial charge in [0.15, 0.2) is 0 Å². The number of Topliss-reactive ketones (excluding diaryl/α,β-unsaturated/α-hetero) is 1. The summed E-state index contributed by atoms with van der Waals surface area (Å²) in [5.41, 5.74) is 0. The molecular weight excluding hydrogens is 189 g/mol. The Hall–Kier alpha value is -1.30. The molecule has 2 atom stereocenters. The van der Waals surface area contributed by atoms with E-state index in [9.17, 15) is 9.18 Å². The summed E-state index contributed by atoms with van der Waals surface area (Å²) in [5.74, 6) is -0.0389. The number of carbonyl (C=O) groups is 1. The average molecular weight is 199 g/mol. The summed E-state index contributed by atoms with van der Waals surface area (Å²) in [6, 6.07) is -0.523. The van der Waals surface area contributed by atoms with E-state index in [1.54, 1.807) is 6.92 Å². The molecule has 0 saturated carbocycles. The van der Waals surface area contributed by atoms with Crippen molar-refractivity contribution in [1.82, 2.24) is 15.5 Å². The van der Waals surface area contributed by atoms with E-state index in [4.69, 9.17) is 4.42 Å². The van der Waals surface area contributed by atoms with Gasteiger partial charge in [-0.2, -0.15) is 0 Å². The van der Waals surface area contributed by atoms with E-state index in [0.29, 0.717) is 5.89 Å². The second kappa shape index (κ2) is 3.45. The Morgan fingerprint density at radius 3 is 2.93 bits per heavy atom. The van der Waals surface area contributed by atoms with Gasteiger partial charge < -0.3 is 9.73 Å². The summed E-state index contributed by atoms with van der Waals surface area (Å²) in [6.07, 6.45) is -0.784. The number of nitrogens with zero attached hydrogens (tertiary/aromatic N) is 2. The number of nitrogens with one attached hydrogen (secondary N) is 1. The van der Waals surface area contributed by atoms with Crippen molar-refractivity contribution in [2.45, 2.75) is 25.6 Å². The summed E-state index contributed by atoms with van der Waals surface area (Å²) >= 11 is 0. The quantitative estimate of drug-likeness (QED) is 0.692. The summed E-state index contributed by atoms with van der Waals surface area (Å²) in [4.78, 5) is 11.6. The van der Waals surface area contributed by atoms with Gasteiger partial charge >= 0.3 is 0 Å². The normalized spacial score (nSPS) is 26.7. The molecule has 0 unspecified atom stereocenters. The molecular formula is C8H10FN3O2. The number of hydrogen-bond donors (Lipinski definition) is 1. The summed E-state index contributed by atoms with van der Waals surface area (Å²) < 4.78 is 17.7. The van der Waals surface area contributed by atoms with Crippen molar-refractivity contribution in [3.63, 3.8) is 0 Å². The third-order valence-electron chi connectivity index (χ3n) is 2.13. The van der Waals surface area contributed by atoms with E-state index in [1.165, 1.54) is 0 Å². The predicted molar refractivity (Wildman–Crippen MR) is 44.7 cm³/mol. The molecule has 14 heavy (non-hydrogen) atoms. The van der Waals surface area contributed by atoms with Crippen LogP contribution in [-0.4, -0.2) is 34.7 Å². The Morgan fingerprint density at radius 2 is 2.43 bits per heavy atom. The molecule has 1 aliphatic heterocycles. The number of aryl methyl sites for hydroxylation is 1. The first-order valence-electron chi connectivity index (χ1n) is 4.38. The number of halogens is 1. The summed E-state index contributed by atoms with van der Waals surface area (Å²) in [6.45, 7) is 1.81. The fraction of sp³-hybridized carbons (Fsp3) is 0.625. The Kier molecular flexibility index (Phi) is 2.28. The molecule has 1 aromatic rings. The van der Waals surface area contributed by atoms with Crippen molar-refractivity contribution >= 4 is 5.78 Å². The van der Waals surface area contributed by atoms with Crippen LogP contribution in [0.25, 0.3) is 0 Å². The van der Waals surface area contributed by atoms with Crippen LogP contribution in [0.4, 0.5) is 4.39 Å². The van der Waals surface area contributed by atoms with Crippen LogP contribution in [0.1, 0.15) is 23.0 Å². The fourth-order valence-electron chi connectivity index (χ4n) is 1.44. The standard InChI is InChI=1S/C8H10FN3O2/c1-4-11-12-8(14-4)7(13)6-2-5(9)3-10-6/h5-6,10H,2-3H2,1H3/t5-,6-/m0/s1. The number of ketones is 1. The summed E-state index contributed by atoms with van der Waals surface area (Å²) in [7, 11) is 0. The number of aromatic nitrogens is 2. The van der Waals surface area contributed by atoms with Crippen LogP contribution in [0.15, 0.2) is 4.42 Å². The van der Waals surface area contributed by atoms with Gasteiger partial charge in [0.2, 0.25) is 11.7 Å². The molecule has 76 valence electrons. The van der Waals surface area contributed by atoms with Crippen molar-refractivity contribution in [2.24, 2.45) is 0 Å². The molecule has 2 rings (SSSR count). The van der Waals surface area contributed by atoms with E-state index >= 15 is 0 Å². The van der Waals surface area contributed by atoms with E-state index in [1.807, 2.05) is 0 Å². The molecule has 0 bridgehead atoms. The highest BCUT2D eigenvalue weighted by molar-refractivity contribution is 5.96. The highest BCUT2D eigenvalue weighted by atomic mass is 19.1. The molecule has 0 spiro atoms. The SMILES string of the molecule is Cc1nnc(C(=O)[C@@H]2C[C@H](F)CN2)o1. The molecule has 0 aromatic carbocycles. The topological polar surface area (TPSA) is 68.0 Å². The molecule has 1 fully saturated rings.